The van der Waals surface area contributed by atoms with Gasteiger partial charge in [0.15, 0.2) is 5.78 Å². The lowest BCUT2D eigenvalue weighted by molar-refractivity contribution is -0.145. The van der Waals surface area contributed by atoms with Gasteiger partial charge in [0.2, 0.25) is 0 Å². The van der Waals surface area contributed by atoms with E-state index >= 15 is 0 Å². The van der Waals surface area contributed by atoms with Crippen molar-refractivity contribution >= 4 is 5.78 Å². The molecule has 0 radical (unpaired) electrons. The molecule has 0 saturated carbocycles. The van der Waals surface area contributed by atoms with Crippen LogP contribution in [0, 0.1) is 0 Å². The lowest BCUT2D eigenvalue weighted by Gasteiger charge is -2.16. The highest BCUT2D eigenvalue weighted by Gasteiger charge is 2.38. The maximum Gasteiger partial charge on any atom is 0.307 e. The molecule has 1 saturated heterocycles. The van der Waals surface area contributed by atoms with Crippen LogP contribution in [0.3, 0.4) is 0 Å². The molecule has 0 bridgehead atoms. The van der Waals surface area contributed by atoms with Crippen LogP contribution in [0.25, 0.3) is 0 Å². The second-order valence-corrected chi connectivity index (χ2v) is 3.10. The molecular formula is C8H12F2O2. The molecule has 1 fully saturated rings. The number of rotatable bonds is 3. The number of hydrogen-bond acceptors (Lipinski definition) is 2. The molecule has 4 heteroatoms. The predicted molar refractivity (Wildman–Crippen MR) is 39.2 cm³/mol. The van der Waals surface area contributed by atoms with Crippen LogP contribution in [-0.2, 0) is 9.53 Å². The van der Waals surface area contributed by atoms with E-state index in [-0.39, 0.29) is 0 Å². The van der Waals surface area contributed by atoms with Crippen molar-refractivity contribution in [3.63, 3.8) is 0 Å². The van der Waals surface area contributed by atoms with Crippen molar-refractivity contribution in [2.24, 2.45) is 0 Å². The van der Waals surface area contributed by atoms with E-state index in [0.29, 0.717) is 13.0 Å². The molecule has 0 aromatic rings. The number of halogens is 2. The second-order valence-electron chi connectivity index (χ2n) is 3.10. The van der Waals surface area contributed by atoms with Gasteiger partial charge in [0, 0.05) is 20.0 Å². The summed E-state index contributed by atoms with van der Waals surface area (Å²) in [5.41, 5.74) is 0. The van der Waals surface area contributed by atoms with E-state index in [9.17, 15) is 13.6 Å². The predicted octanol–water partition coefficient (Wildman–Crippen LogP) is 1.78. The first-order valence-corrected chi connectivity index (χ1v) is 4.03. The third-order valence-corrected chi connectivity index (χ3v) is 2.02. The standard InChI is InChI=1S/C8H12F2O2/c1-6(11)8(9,10)5-7-3-2-4-12-7/h7H,2-5H2,1H3. The average Bonchev–Trinajstić information content (AvgIpc) is 2.38. The molecule has 0 N–H and O–H groups in total. The lowest BCUT2D eigenvalue weighted by atomic mass is 10.1. The van der Waals surface area contributed by atoms with E-state index in [1.165, 1.54) is 0 Å². The summed E-state index contributed by atoms with van der Waals surface area (Å²) < 4.78 is 30.5. The molecule has 12 heavy (non-hydrogen) atoms. The molecule has 1 aliphatic heterocycles. The minimum Gasteiger partial charge on any atom is -0.378 e. The van der Waals surface area contributed by atoms with E-state index in [0.717, 1.165) is 13.3 Å². The fourth-order valence-electron chi connectivity index (χ4n) is 1.23. The van der Waals surface area contributed by atoms with Gasteiger partial charge in [-0.3, -0.25) is 4.79 Å². The van der Waals surface area contributed by atoms with Crippen LogP contribution in [0.4, 0.5) is 8.78 Å². The molecule has 0 aromatic carbocycles. The first-order valence-electron chi connectivity index (χ1n) is 4.03. The summed E-state index contributed by atoms with van der Waals surface area (Å²) in [5, 5.41) is 0. The molecule has 1 aliphatic rings. The molecule has 0 amide bonds. The number of carbonyl (C=O) groups excluding carboxylic acids is 1. The third-order valence-electron chi connectivity index (χ3n) is 2.02. The van der Waals surface area contributed by atoms with E-state index in [1.807, 2.05) is 0 Å². The fraction of sp³-hybridized carbons (Fsp3) is 0.875. The van der Waals surface area contributed by atoms with Crippen LogP contribution < -0.4 is 0 Å². The molecule has 0 aliphatic carbocycles. The third kappa shape index (κ3) is 2.24. The van der Waals surface area contributed by atoms with Crippen molar-refractivity contribution in [3.05, 3.63) is 0 Å². The first kappa shape index (κ1) is 9.58. The monoisotopic (exact) mass is 178 g/mol. The van der Waals surface area contributed by atoms with E-state index in [1.54, 1.807) is 0 Å². The van der Waals surface area contributed by atoms with Gasteiger partial charge in [-0.25, -0.2) is 0 Å². The Balaban J connectivity index is 2.42. The topological polar surface area (TPSA) is 26.3 Å². The zero-order valence-electron chi connectivity index (χ0n) is 6.98. The van der Waals surface area contributed by atoms with Crippen LogP contribution >= 0.6 is 0 Å². The van der Waals surface area contributed by atoms with Crippen molar-refractivity contribution in [1.82, 2.24) is 0 Å². The average molecular weight is 178 g/mol. The molecule has 1 heterocycles. The number of alkyl halides is 2. The maximum atomic E-state index is 12.8. The van der Waals surface area contributed by atoms with Gasteiger partial charge < -0.3 is 4.74 Å². The molecule has 0 spiro atoms. The Hall–Kier alpha value is -0.510. The molecule has 0 aromatic heterocycles. The molecule has 2 nitrogen and oxygen atoms in total. The van der Waals surface area contributed by atoms with Gasteiger partial charge in [0.05, 0.1) is 6.10 Å². The Kier molecular flexibility index (Phi) is 2.77. The highest BCUT2D eigenvalue weighted by molar-refractivity contribution is 5.83. The SMILES string of the molecule is CC(=O)C(F)(F)CC1CCCO1. The number of ketones is 1. The van der Waals surface area contributed by atoms with Crippen LogP contribution in [0.1, 0.15) is 26.2 Å². The van der Waals surface area contributed by atoms with E-state index in [2.05, 4.69) is 0 Å². The normalized spacial score (nSPS) is 24.4. The lowest BCUT2D eigenvalue weighted by Crippen LogP contribution is -2.30. The number of carbonyl (C=O) groups is 1. The number of hydrogen-bond donors (Lipinski definition) is 0. The Morgan fingerprint density at radius 3 is 2.75 bits per heavy atom. The molecule has 1 unspecified atom stereocenters. The Bertz CT molecular complexity index is 174. The van der Waals surface area contributed by atoms with Gasteiger partial charge in [0.25, 0.3) is 0 Å². The van der Waals surface area contributed by atoms with Crippen molar-refractivity contribution < 1.29 is 18.3 Å². The van der Waals surface area contributed by atoms with Crippen molar-refractivity contribution in [3.8, 4) is 0 Å². The Labute approximate surface area is 69.9 Å². The van der Waals surface area contributed by atoms with E-state index < -0.39 is 24.2 Å². The number of Topliss-reactive ketones (excluding diaryl/α,β-unsaturated/α-hetero) is 1. The summed E-state index contributed by atoms with van der Waals surface area (Å²) >= 11 is 0. The zero-order valence-corrected chi connectivity index (χ0v) is 6.98. The summed E-state index contributed by atoms with van der Waals surface area (Å²) in [6.07, 6.45) is 0.577. The minimum atomic E-state index is -3.20. The Morgan fingerprint density at radius 2 is 2.33 bits per heavy atom. The molecule has 70 valence electrons. The smallest absolute Gasteiger partial charge is 0.307 e. The van der Waals surface area contributed by atoms with Gasteiger partial charge in [-0.1, -0.05) is 0 Å². The summed E-state index contributed by atoms with van der Waals surface area (Å²) in [4.78, 5) is 10.4. The van der Waals surface area contributed by atoms with Gasteiger partial charge in [-0.05, 0) is 12.8 Å². The molecule has 1 atom stereocenters. The summed E-state index contributed by atoms with van der Waals surface area (Å²) in [6.45, 7) is 1.45. The van der Waals surface area contributed by atoms with Crippen LogP contribution in [0.5, 0.6) is 0 Å². The van der Waals surface area contributed by atoms with E-state index in [4.69, 9.17) is 4.74 Å². The highest BCUT2D eigenvalue weighted by Crippen LogP contribution is 2.27. The number of ether oxygens (including phenoxy) is 1. The summed E-state index contributed by atoms with van der Waals surface area (Å²) in [5.74, 6) is -4.27. The van der Waals surface area contributed by atoms with Gasteiger partial charge in [-0.2, -0.15) is 8.78 Å². The fourth-order valence-corrected chi connectivity index (χ4v) is 1.23. The van der Waals surface area contributed by atoms with Gasteiger partial charge in [0.1, 0.15) is 0 Å². The van der Waals surface area contributed by atoms with Crippen molar-refractivity contribution in [1.29, 1.82) is 0 Å². The van der Waals surface area contributed by atoms with Crippen molar-refractivity contribution in [2.45, 2.75) is 38.2 Å². The molecular weight excluding hydrogens is 166 g/mol. The largest absolute Gasteiger partial charge is 0.378 e. The van der Waals surface area contributed by atoms with Crippen LogP contribution in [-0.4, -0.2) is 24.4 Å². The Morgan fingerprint density at radius 1 is 1.67 bits per heavy atom. The highest BCUT2D eigenvalue weighted by atomic mass is 19.3. The van der Waals surface area contributed by atoms with Gasteiger partial charge >= 0.3 is 5.92 Å². The van der Waals surface area contributed by atoms with Gasteiger partial charge in [-0.15, -0.1) is 0 Å². The second kappa shape index (κ2) is 3.47. The zero-order chi connectivity index (χ0) is 9.19. The summed E-state index contributed by atoms with van der Waals surface area (Å²) in [6, 6.07) is 0. The minimum absolute atomic E-state index is 0.427. The van der Waals surface area contributed by atoms with Crippen molar-refractivity contribution in [2.75, 3.05) is 6.61 Å². The maximum absolute atomic E-state index is 12.8. The molecule has 1 rings (SSSR count). The first-order chi connectivity index (χ1) is 5.52. The summed E-state index contributed by atoms with van der Waals surface area (Å²) in [7, 11) is 0. The quantitative estimate of drug-likeness (QED) is 0.658. The van der Waals surface area contributed by atoms with Crippen LogP contribution in [0.2, 0.25) is 0 Å². The van der Waals surface area contributed by atoms with Crippen LogP contribution in [0.15, 0.2) is 0 Å².